The number of nitrogens with one attached hydrogen (secondary N) is 1. The summed E-state index contributed by atoms with van der Waals surface area (Å²) in [6.07, 6.45) is 1.59. The molecule has 0 unspecified atom stereocenters. The molecule has 1 aromatic heterocycles. The molecule has 0 saturated carbocycles. The van der Waals surface area contributed by atoms with E-state index < -0.39 is 0 Å². The number of halogens is 2. The van der Waals surface area contributed by atoms with Gasteiger partial charge in [0.25, 0.3) is 17.0 Å². The van der Waals surface area contributed by atoms with Crippen molar-refractivity contribution in [3.63, 3.8) is 0 Å². The van der Waals surface area contributed by atoms with E-state index >= 15 is 0 Å². The number of nitrogens with zero attached hydrogens (tertiary/aromatic N) is 3. The number of rotatable bonds is 9. The molecule has 0 aliphatic rings. The van der Waals surface area contributed by atoms with Crippen LogP contribution in [0.25, 0.3) is 10.8 Å². The number of hydrogen-bond acceptors (Lipinski definition) is 8. The zero-order chi connectivity index (χ0) is 23.9. The van der Waals surface area contributed by atoms with Gasteiger partial charge in [-0.1, -0.05) is 59.2 Å². The van der Waals surface area contributed by atoms with E-state index in [0.29, 0.717) is 15.8 Å². The summed E-state index contributed by atoms with van der Waals surface area (Å²) in [5.41, 5.74) is 3.35. The second-order valence-corrected chi connectivity index (χ2v) is 8.58. The Morgan fingerprint density at radius 2 is 1.91 bits per heavy atom. The molecule has 1 heterocycles. The summed E-state index contributed by atoms with van der Waals surface area (Å²) < 4.78 is 16.4. The minimum Gasteiger partial charge on any atom is -0.496 e. The summed E-state index contributed by atoms with van der Waals surface area (Å²) in [6, 6.07) is 16.4. The Hall–Kier alpha value is -3.27. The molecule has 0 saturated heterocycles. The topological polar surface area (TPSA) is 98.8 Å². The number of amides is 1. The van der Waals surface area contributed by atoms with Crippen LogP contribution in [0.2, 0.25) is 10.0 Å². The highest BCUT2D eigenvalue weighted by molar-refractivity contribution is 7.99. The van der Waals surface area contributed by atoms with Crippen molar-refractivity contribution in [2.45, 2.75) is 11.8 Å². The maximum Gasteiger partial charge on any atom is 0.277 e. The maximum atomic E-state index is 12.1. The van der Waals surface area contributed by atoms with Crippen molar-refractivity contribution >= 4 is 57.9 Å². The van der Waals surface area contributed by atoms with Crippen LogP contribution in [0.5, 0.6) is 11.5 Å². The average Bonchev–Trinajstić information content (AvgIpc) is 3.30. The Morgan fingerprint density at radius 3 is 2.71 bits per heavy atom. The van der Waals surface area contributed by atoms with Crippen molar-refractivity contribution in [3.8, 4) is 11.5 Å². The minimum absolute atomic E-state index is 0.0290. The van der Waals surface area contributed by atoms with Crippen LogP contribution in [-0.4, -0.2) is 35.2 Å². The first-order chi connectivity index (χ1) is 16.5. The highest BCUT2D eigenvalue weighted by Crippen LogP contribution is 2.29. The summed E-state index contributed by atoms with van der Waals surface area (Å²) in [4.78, 5) is 12.1. The fraction of sp³-hybridized carbons (Fsp3) is 0.130. The lowest BCUT2D eigenvalue weighted by Gasteiger charge is -2.07. The maximum absolute atomic E-state index is 12.1. The number of thioether (sulfide) groups is 1. The molecule has 1 amide bonds. The number of methoxy groups -OCH3 is 1. The number of ether oxygens (including phenoxy) is 2. The summed E-state index contributed by atoms with van der Waals surface area (Å²) in [5, 5.41) is 14.9. The van der Waals surface area contributed by atoms with Crippen LogP contribution in [0.3, 0.4) is 0 Å². The van der Waals surface area contributed by atoms with E-state index in [4.69, 9.17) is 37.1 Å². The lowest BCUT2D eigenvalue weighted by molar-refractivity contribution is -0.118. The van der Waals surface area contributed by atoms with Gasteiger partial charge in [-0.3, -0.25) is 4.79 Å². The molecule has 0 fully saturated rings. The third kappa shape index (κ3) is 5.99. The van der Waals surface area contributed by atoms with E-state index in [1.807, 2.05) is 36.4 Å². The minimum atomic E-state index is -0.317. The Morgan fingerprint density at radius 1 is 1.12 bits per heavy atom. The Balaban J connectivity index is 1.27. The molecule has 8 nitrogen and oxygen atoms in total. The van der Waals surface area contributed by atoms with E-state index in [-0.39, 0.29) is 29.4 Å². The molecule has 34 heavy (non-hydrogen) atoms. The summed E-state index contributed by atoms with van der Waals surface area (Å²) >= 11 is 13.0. The van der Waals surface area contributed by atoms with Gasteiger partial charge in [0.2, 0.25) is 0 Å². The standard InChI is InChI=1S/C23H18Cl2N4O4S/c1-31-19-8-6-14(16-4-2-3-5-17(16)19)11-26-27-21(30)13-34-23-29-28-22(33-23)12-32-20-9-7-15(24)10-18(20)25/h2-11H,12-13H2,1H3,(H,27,30)/b26-11-. The normalized spacial score (nSPS) is 11.1. The van der Waals surface area contributed by atoms with E-state index in [9.17, 15) is 4.79 Å². The smallest absolute Gasteiger partial charge is 0.277 e. The van der Waals surface area contributed by atoms with Gasteiger partial charge in [-0.25, -0.2) is 5.43 Å². The first kappa shape index (κ1) is 23.9. The van der Waals surface area contributed by atoms with Crippen LogP contribution in [0.4, 0.5) is 0 Å². The summed E-state index contributed by atoms with van der Waals surface area (Å²) in [6.45, 7) is 0.0290. The zero-order valence-corrected chi connectivity index (χ0v) is 20.2. The van der Waals surface area contributed by atoms with E-state index in [0.717, 1.165) is 33.8 Å². The third-order valence-corrected chi connectivity index (χ3v) is 5.90. The van der Waals surface area contributed by atoms with Crippen LogP contribution in [0.15, 0.2) is 69.3 Å². The molecular weight excluding hydrogens is 499 g/mol. The molecule has 0 aliphatic carbocycles. The predicted octanol–water partition coefficient (Wildman–Crippen LogP) is 5.36. The van der Waals surface area contributed by atoms with Crippen LogP contribution in [-0.2, 0) is 11.4 Å². The first-order valence-electron chi connectivity index (χ1n) is 9.94. The average molecular weight is 517 g/mol. The Kier molecular flexibility index (Phi) is 7.89. The van der Waals surface area contributed by atoms with Gasteiger partial charge in [0.15, 0.2) is 6.61 Å². The van der Waals surface area contributed by atoms with Crippen molar-refractivity contribution in [2.24, 2.45) is 5.10 Å². The molecule has 3 aromatic carbocycles. The highest BCUT2D eigenvalue weighted by atomic mass is 35.5. The molecule has 0 atom stereocenters. The monoisotopic (exact) mass is 516 g/mol. The lowest BCUT2D eigenvalue weighted by Crippen LogP contribution is -2.19. The number of carbonyl (C=O) groups is 1. The largest absolute Gasteiger partial charge is 0.496 e. The van der Waals surface area contributed by atoms with Crippen LogP contribution in [0, 0.1) is 0 Å². The number of aromatic nitrogens is 2. The molecule has 0 bridgehead atoms. The molecule has 0 spiro atoms. The van der Waals surface area contributed by atoms with Crippen LogP contribution < -0.4 is 14.9 Å². The fourth-order valence-electron chi connectivity index (χ4n) is 3.01. The van der Waals surface area contributed by atoms with E-state index in [1.165, 1.54) is 0 Å². The van der Waals surface area contributed by atoms with Gasteiger partial charge in [0.1, 0.15) is 11.5 Å². The molecule has 174 valence electrons. The van der Waals surface area contributed by atoms with Gasteiger partial charge < -0.3 is 13.9 Å². The number of fused-ring (bicyclic) bond motifs is 1. The third-order valence-electron chi connectivity index (χ3n) is 4.55. The lowest BCUT2D eigenvalue weighted by atomic mass is 10.0. The van der Waals surface area contributed by atoms with Gasteiger partial charge in [-0.15, -0.1) is 10.2 Å². The second-order valence-electron chi connectivity index (χ2n) is 6.81. The molecule has 1 N–H and O–H groups in total. The quantitative estimate of drug-likeness (QED) is 0.181. The summed E-state index contributed by atoms with van der Waals surface area (Å²) in [5.74, 6) is 1.20. The first-order valence-corrected chi connectivity index (χ1v) is 11.7. The van der Waals surface area contributed by atoms with Crippen LogP contribution in [0.1, 0.15) is 11.5 Å². The predicted molar refractivity (Wildman–Crippen MR) is 132 cm³/mol. The second kappa shape index (κ2) is 11.2. The Bertz CT molecular complexity index is 1350. The van der Waals surface area contributed by atoms with Gasteiger partial charge >= 0.3 is 0 Å². The number of hydrazone groups is 1. The van der Waals surface area contributed by atoms with Crippen LogP contribution >= 0.6 is 35.0 Å². The molecular formula is C23H18Cl2N4O4S. The summed E-state index contributed by atoms with van der Waals surface area (Å²) in [7, 11) is 1.63. The van der Waals surface area contributed by atoms with E-state index in [1.54, 1.807) is 31.5 Å². The molecule has 0 aliphatic heterocycles. The number of carbonyl (C=O) groups excluding carboxylic acids is 1. The SMILES string of the molecule is COc1ccc(/C=N\NC(=O)CSc2nnc(COc3ccc(Cl)cc3Cl)o2)c2ccccc12. The zero-order valence-electron chi connectivity index (χ0n) is 17.8. The van der Waals surface area contributed by atoms with Gasteiger partial charge in [-0.05, 0) is 35.7 Å². The fourth-order valence-corrected chi connectivity index (χ4v) is 4.04. The Labute approximate surface area is 209 Å². The van der Waals surface area contributed by atoms with Gasteiger partial charge in [0.05, 0.1) is 24.1 Å². The van der Waals surface area contributed by atoms with Crippen molar-refractivity contribution in [1.82, 2.24) is 15.6 Å². The van der Waals surface area contributed by atoms with Crippen molar-refractivity contribution in [1.29, 1.82) is 0 Å². The highest BCUT2D eigenvalue weighted by Gasteiger charge is 2.11. The molecule has 4 aromatic rings. The van der Waals surface area contributed by atoms with Crippen molar-refractivity contribution < 1.29 is 18.7 Å². The molecule has 11 heteroatoms. The van der Waals surface area contributed by atoms with Crippen molar-refractivity contribution in [3.05, 3.63) is 76.1 Å². The number of benzene rings is 3. The van der Waals surface area contributed by atoms with E-state index in [2.05, 4.69) is 20.7 Å². The number of hydrogen-bond donors (Lipinski definition) is 1. The molecule has 4 rings (SSSR count). The van der Waals surface area contributed by atoms with Gasteiger partial charge in [0, 0.05) is 16.0 Å². The van der Waals surface area contributed by atoms with Crippen molar-refractivity contribution in [2.75, 3.05) is 12.9 Å². The molecule has 0 radical (unpaired) electrons. The van der Waals surface area contributed by atoms with Gasteiger partial charge in [-0.2, -0.15) is 5.10 Å².